The van der Waals surface area contributed by atoms with Gasteiger partial charge in [0.25, 0.3) is 0 Å². The molecule has 2 nitrogen and oxygen atoms in total. The summed E-state index contributed by atoms with van der Waals surface area (Å²) < 4.78 is 14.1. The van der Waals surface area contributed by atoms with Crippen LogP contribution in [0.25, 0.3) is 33.3 Å². The quantitative estimate of drug-likeness (QED) is 0.508. The third kappa shape index (κ3) is 2.38. The Morgan fingerprint density at radius 2 is 1.50 bits per heavy atom. The summed E-state index contributed by atoms with van der Waals surface area (Å²) in [6.45, 7) is 4.08. The van der Waals surface area contributed by atoms with Crippen LogP contribution >= 0.6 is 0 Å². The Labute approximate surface area is 140 Å². The number of H-pyrrole nitrogens is 1. The highest BCUT2D eigenvalue weighted by molar-refractivity contribution is 5.96. The van der Waals surface area contributed by atoms with Crippen LogP contribution in [0, 0.1) is 19.7 Å². The van der Waals surface area contributed by atoms with Gasteiger partial charge in [-0.25, -0.2) is 9.37 Å². The Hall–Kier alpha value is -2.94. The molecular formula is C21H17FN2. The van der Waals surface area contributed by atoms with Gasteiger partial charge in [-0.05, 0) is 49.6 Å². The topological polar surface area (TPSA) is 28.7 Å². The fourth-order valence-electron chi connectivity index (χ4n) is 3.21. The van der Waals surface area contributed by atoms with E-state index in [0.29, 0.717) is 5.39 Å². The van der Waals surface area contributed by atoms with Gasteiger partial charge in [0, 0.05) is 27.9 Å². The highest BCUT2D eigenvalue weighted by Crippen LogP contribution is 2.31. The van der Waals surface area contributed by atoms with Gasteiger partial charge in [-0.15, -0.1) is 0 Å². The Kier molecular flexibility index (Phi) is 3.42. The number of nitrogens with zero attached hydrogens (tertiary/aromatic N) is 1. The summed E-state index contributed by atoms with van der Waals surface area (Å²) in [5.74, 6) is -0.206. The van der Waals surface area contributed by atoms with Crippen LogP contribution in [-0.4, -0.2) is 9.97 Å². The third-order valence-corrected chi connectivity index (χ3v) is 4.32. The molecule has 2 aromatic carbocycles. The number of hydrogen-bond donors (Lipinski definition) is 1. The van der Waals surface area contributed by atoms with Crippen LogP contribution in [0.2, 0.25) is 0 Å². The summed E-state index contributed by atoms with van der Waals surface area (Å²) in [6.07, 6.45) is 0. The van der Waals surface area contributed by atoms with Crippen molar-refractivity contribution in [2.24, 2.45) is 0 Å². The van der Waals surface area contributed by atoms with Gasteiger partial charge in [-0.1, -0.05) is 30.3 Å². The molecule has 0 unspecified atom stereocenters. The number of rotatable bonds is 2. The predicted molar refractivity (Wildman–Crippen MR) is 96.4 cm³/mol. The maximum absolute atomic E-state index is 14.1. The molecule has 0 saturated carbocycles. The standard InChI is InChI=1S/C21H17FN2/c1-13-12-18(14(2)23-13)21-9-5-8-20(24-21)17-10-11-19(22)16-7-4-3-6-15(16)17/h3-12,23H,1-2H3. The molecule has 0 saturated heterocycles. The van der Waals surface area contributed by atoms with Crippen LogP contribution in [0.1, 0.15) is 11.4 Å². The zero-order chi connectivity index (χ0) is 16.7. The van der Waals surface area contributed by atoms with Gasteiger partial charge in [-0.2, -0.15) is 0 Å². The van der Waals surface area contributed by atoms with E-state index in [2.05, 4.69) is 11.1 Å². The number of hydrogen-bond acceptors (Lipinski definition) is 1. The van der Waals surface area contributed by atoms with E-state index in [1.807, 2.05) is 50.2 Å². The second kappa shape index (κ2) is 5.60. The Morgan fingerprint density at radius 1 is 0.792 bits per heavy atom. The van der Waals surface area contributed by atoms with Crippen LogP contribution in [0.5, 0.6) is 0 Å². The van der Waals surface area contributed by atoms with Crippen LogP contribution in [0.3, 0.4) is 0 Å². The maximum atomic E-state index is 14.1. The predicted octanol–water partition coefficient (Wildman–Crippen LogP) is 5.65. The van der Waals surface area contributed by atoms with Crippen molar-refractivity contribution in [3.05, 3.63) is 77.9 Å². The van der Waals surface area contributed by atoms with Crippen molar-refractivity contribution >= 4 is 10.8 Å². The van der Waals surface area contributed by atoms with Crippen molar-refractivity contribution in [3.8, 4) is 22.5 Å². The average Bonchev–Trinajstić information content (AvgIpc) is 2.94. The molecule has 0 spiro atoms. The number of aromatic nitrogens is 2. The van der Waals surface area contributed by atoms with E-state index < -0.39 is 0 Å². The summed E-state index contributed by atoms with van der Waals surface area (Å²) in [7, 11) is 0. The normalized spacial score (nSPS) is 11.1. The highest BCUT2D eigenvalue weighted by atomic mass is 19.1. The zero-order valence-electron chi connectivity index (χ0n) is 13.6. The fourth-order valence-corrected chi connectivity index (χ4v) is 3.21. The highest BCUT2D eigenvalue weighted by Gasteiger charge is 2.11. The van der Waals surface area contributed by atoms with Gasteiger partial charge < -0.3 is 4.98 Å². The third-order valence-electron chi connectivity index (χ3n) is 4.32. The van der Waals surface area contributed by atoms with Gasteiger partial charge >= 0.3 is 0 Å². The number of benzene rings is 2. The van der Waals surface area contributed by atoms with E-state index in [1.165, 1.54) is 6.07 Å². The molecule has 24 heavy (non-hydrogen) atoms. The lowest BCUT2D eigenvalue weighted by Crippen LogP contribution is -1.90. The zero-order valence-corrected chi connectivity index (χ0v) is 13.6. The molecule has 0 fully saturated rings. The van der Waals surface area contributed by atoms with E-state index in [0.717, 1.165) is 39.3 Å². The van der Waals surface area contributed by atoms with Crippen LogP contribution in [0.15, 0.2) is 60.7 Å². The molecule has 0 aliphatic carbocycles. The molecule has 0 aliphatic heterocycles. The molecule has 0 aliphatic rings. The first-order valence-electron chi connectivity index (χ1n) is 7.95. The van der Waals surface area contributed by atoms with Crippen LogP contribution < -0.4 is 0 Å². The maximum Gasteiger partial charge on any atom is 0.131 e. The Morgan fingerprint density at radius 3 is 2.21 bits per heavy atom. The lowest BCUT2D eigenvalue weighted by molar-refractivity contribution is 0.640. The molecule has 4 rings (SSSR count). The first kappa shape index (κ1) is 14.6. The average molecular weight is 316 g/mol. The molecule has 0 radical (unpaired) electrons. The number of pyridine rings is 1. The minimum atomic E-state index is -0.206. The van der Waals surface area contributed by atoms with E-state index in [4.69, 9.17) is 4.98 Å². The summed E-state index contributed by atoms with van der Waals surface area (Å²) in [5.41, 5.74) is 6.02. The van der Waals surface area contributed by atoms with E-state index in [9.17, 15) is 4.39 Å². The summed E-state index contributed by atoms with van der Waals surface area (Å²) >= 11 is 0. The molecule has 2 aromatic heterocycles. The molecule has 1 N–H and O–H groups in total. The van der Waals surface area contributed by atoms with Gasteiger partial charge in [0.05, 0.1) is 11.4 Å². The summed E-state index contributed by atoms with van der Waals surface area (Å²) in [6, 6.07) is 18.9. The van der Waals surface area contributed by atoms with Crippen molar-refractivity contribution in [1.29, 1.82) is 0 Å². The lowest BCUT2D eigenvalue weighted by atomic mass is 10.0. The van der Waals surface area contributed by atoms with Crippen LogP contribution in [-0.2, 0) is 0 Å². The number of aryl methyl sites for hydroxylation is 2. The van der Waals surface area contributed by atoms with Crippen LogP contribution in [0.4, 0.5) is 4.39 Å². The number of aromatic amines is 1. The minimum absolute atomic E-state index is 0.206. The van der Waals surface area contributed by atoms with Crippen molar-refractivity contribution in [2.45, 2.75) is 13.8 Å². The fraction of sp³-hybridized carbons (Fsp3) is 0.0952. The monoisotopic (exact) mass is 316 g/mol. The van der Waals surface area contributed by atoms with Gasteiger partial charge in [0.2, 0.25) is 0 Å². The van der Waals surface area contributed by atoms with Gasteiger partial charge in [0.1, 0.15) is 5.82 Å². The largest absolute Gasteiger partial charge is 0.362 e. The number of nitrogens with one attached hydrogen (secondary N) is 1. The number of halogens is 1. The summed E-state index contributed by atoms with van der Waals surface area (Å²) in [5, 5.41) is 1.50. The van der Waals surface area contributed by atoms with Crippen molar-refractivity contribution in [1.82, 2.24) is 9.97 Å². The minimum Gasteiger partial charge on any atom is -0.362 e. The molecule has 118 valence electrons. The summed E-state index contributed by atoms with van der Waals surface area (Å²) in [4.78, 5) is 8.14. The molecule has 0 amide bonds. The van der Waals surface area contributed by atoms with Crippen molar-refractivity contribution in [2.75, 3.05) is 0 Å². The Balaban J connectivity index is 1.91. The van der Waals surface area contributed by atoms with Crippen molar-refractivity contribution < 1.29 is 4.39 Å². The second-order valence-electron chi connectivity index (χ2n) is 6.04. The smallest absolute Gasteiger partial charge is 0.131 e. The molecule has 0 bridgehead atoms. The Bertz CT molecular complexity index is 1050. The van der Waals surface area contributed by atoms with Gasteiger partial charge in [-0.3, -0.25) is 0 Å². The van der Waals surface area contributed by atoms with E-state index >= 15 is 0 Å². The molecule has 4 aromatic rings. The van der Waals surface area contributed by atoms with E-state index in [1.54, 1.807) is 12.1 Å². The van der Waals surface area contributed by atoms with Crippen molar-refractivity contribution in [3.63, 3.8) is 0 Å². The molecule has 0 atom stereocenters. The first-order chi connectivity index (χ1) is 11.6. The lowest BCUT2D eigenvalue weighted by Gasteiger charge is -2.09. The molecular weight excluding hydrogens is 299 g/mol. The van der Waals surface area contributed by atoms with E-state index in [-0.39, 0.29) is 5.82 Å². The number of fused-ring (bicyclic) bond motifs is 1. The molecule has 2 heterocycles. The first-order valence-corrected chi connectivity index (χ1v) is 7.95. The molecule has 3 heteroatoms. The SMILES string of the molecule is Cc1cc(-c2cccc(-c3ccc(F)c4ccccc34)n2)c(C)[nH]1. The van der Waals surface area contributed by atoms with Gasteiger partial charge in [0.15, 0.2) is 0 Å². The second-order valence-corrected chi connectivity index (χ2v) is 6.04.